The molecule has 0 atom stereocenters. The molecule has 8 aromatic carbocycles. The summed E-state index contributed by atoms with van der Waals surface area (Å²) in [4.78, 5) is 0. The third kappa shape index (κ3) is 21.0. The van der Waals surface area contributed by atoms with E-state index in [1.165, 1.54) is 57.0 Å². The fourth-order valence-electron chi connectivity index (χ4n) is 16.3. The van der Waals surface area contributed by atoms with E-state index in [1.807, 2.05) is 166 Å². The summed E-state index contributed by atoms with van der Waals surface area (Å²) in [5.74, 6) is -1.83. The van der Waals surface area contributed by atoms with Crippen molar-refractivity contribution in [2.45, 2.75) is 228 Å². The van der Waals surface area contributed by atoms with Crippen LogP contribution >= 0.6 is 0 Å². The number of halogens is 16. The Morgan fingerprint density at radius 3 is 1.02 bits per heavy atom. The molecule has 12 rings (SSSR count). The van der Waals surface area contributed by atoms with Gasteiger partial charge in [0.25, 0.3) is 0 Å². The summed E-state index contributed by atoms with van der Waals surface area (Å²) in [6.45, 7) is 39.4. The molecule has 0 amide bonds. The van der Waals surface area contributed by atoms with Gasteiger partial charge in [-0.25, -0.2) is 17.6 Å². The van der Waals surface area contributed by atoms with Crippen LogP contribution in [-0.2, 0) is 66.7 Å². The van der Waals surface area contributed by atoms with Gasteiger partial charge in [-0.05, 0) is 242 Å². The third-order valence-electron chi connectivity index (χ3n) is 24.3. The number of rotatable bonds is 15. The molecule has 0 radical (unpaired) electrons. The lowest BCUT2D eigenvalue weighted by atomic mass is 9.81. The predicted octanol–water partition coefficient (Wildman–Crippen LogP) is 28.0. The highest BCUT2D eigenvalue weighted by Gasteiger charge is 2.50. The molecule has 4 aromatic heterocycles. The molecule has 4 nitrogen and oxygen atoms in total. The van der Waals surface area contributed by atoms with Crippen LogP contribution in [0.1, 0.15) is 182 Å². The highest BCUT2D eigenvalue weighted by atomic mass is 19.4. The molecule has 0 aliphatic rings. The Morgan fingerprint density at radius 1 is 0.295 bits per heavy atom. The molecular formula is C102H116F16N4+4. The van der Waals surface area contributed by atoms with E-state index in [2.05, 4.69) is 64.1 Å². The van der Waals surface area contributed by atoms with Gasteiger partial charge in [0.15, 0.2) is 0 Å². The minimum absolute atomic E-state index is 0.110. The van der Waals surface area contributed by atoms with Gasteiger partial charge in [-0.2, -0.15) is 71.0 Å². The van der Waals surface area contributed by atoms with Gasteiger partial charge in [0.05, 0.1) is 37.8 Å². The van der Waals surface area contributed by atoms with Crippen LogP contribution in [0.25, 0.3) is 88.6 Å². The molecule has 4 heterocycles. The van der Waals surface area contributed by atoms with Crippen molar-refractivity contribution in [1.29, 1.82) is 0 Å². The lowest BCUT2D eigenvalue weighted by Crippen LogP contribution is -2.35. The average molecular weight is 1700 g/mol. The summed E-state index contributed by atoms with van der Waals surface area (Å²) >= 11 is 0. The summed E-state index contributed by atoms with van der Waals surface area (Å²) < 4.78 is 228. The second kappa shape index (κ2) is 35.9. The molecule has 20 heteroatoms. The van der Waals surface area contributed by atoms with E-state index < -0.39 is 71.2 Å². The molecule has 0 unspecified atom stereocenters. The molecule has 0 N–H and O–H groups in total. The van der Waals surface area contributed by atoms with Gasteiger partial charge >= 0.3 is 24.7 Å². The molecule has 652 valence electrons. The van der Waals surface area contributed by atoms with E-state index in [4.69, 9.17) is 0 Å². The van der Waals surface area contributed by atoms with Crippen LogP contribution < -0.4 is 18.3 Å². The van der Waals surface area contributed by atoms with Gasteiger partial charge in [-0.3, -0.25) is 0 Å². The molecule has 0 aliphatic carbocycles. The van der Waals surface area contributed by atoms with Crippen LogP contribution in [0.4, 0.5) is 70.2 Å². The van der Waals surface area contributed by atoms with Gasteiger partial charge in [0.2, 0.25) is 44.8 Å². The Balaban J connectivity index is 0.000000185. The average Bonchev–Trinajstić information content (AvgIpc) is 0.800. The second-order valence-electron chi connectivity index (χ2n) is 36.9. The first-order valence-electron chi connectivity index (χ1n) is 41.2. The van der Waals surface area contributed by atoms with Crippen molar-refractivity contribution in [2.24, 2.45) is 49.9 Å². The van der Waals surface area contributed by atoms with E-state index in [0.717, 1.165) is 137 Å². The maximum absolute atomic E-state index is 15.8. The number of hydrogen-bond acceptors (Lipinski definition) is 0. The first-order chi connectivity index (χ1) is 56.1. The zero-order valence-corrected chi connectivity index (χ0v) is 75.2. The molecule has 0 aliphatic heterocycles. The summed E-state index contributed by atoms with van der Waals surface area (Å²) in [6, 6.07) is 40.4. The number of aromatic nitrogens is 4. The molecule has 0 saturated heterocycles. The molecule has 0 bridgehead atoms. The monoisotopic (exact) mass is 1700 g/mol. The topological polar surface area (TPSA) is 15.5 Å². The molecule has 0 spiro atoms. The van der Waals surface area contributed by atoms with Gasteiger partial charge in [0.1, 0.15) is 51.5 Å². The lowest BCUT2D eigenvalue weighted by molar-refractivity contribution is -0.633. The van der Waals surface area contributed by atoms with E-state index in [0.29, 0.717) is 62.6 Å². The van der Waals surface area contributed by atoms with Gasteiger partial charge in [-0.15, -0.1) is 0 Å². The Bertz CT molecular complexity index is 5980. The maximum atomic E-state index is 15.8. The normalized spacial score (nSPS) is 12.6. The molecule has 12 aromatic rings. The Kier molecular flexibility index (Phi) is 28.2. The number of fused-ring (bicyclic) bond motifs is 4. The quantitative estimate of drug-likeness (QED) is 0.0718. The molecule has 122 heavy (non-hydrogen) atoms. The van der Waals surface area contributed by atoms with Crippen molar-refractivity contribution >= 4 is 43.6 Å². The summed E-state index contributed by atoms with van der Waals surface area (Å²) in [5, 5.41) is 2.23. The maximum Gasteiger partial charge on any atom is 0.394 e. The first kappa shape index (κ1) is 96.1. The van der Waals surface area contributed by atoms with Gasteiger partial charge < -0.3 is 0 Å². The highest BCUT2D eigenvalue weighted by Crippen LogP contribution is 2.46. The minimum atomic E-state index is -4.43. The molecule has 0 saturated carbocycles. The van der Waals surface area contributed by atoms with Crippen molar-refractivity contribution < 1.29 is 88.5 Å². The van der Waals surface area contributed by atoms with Gasteiger partial charge in [0, 0.05) is 88.3 Å². The smallest absolute Gasteiger partial charge is 0.206 e. The standard InChI is InChI=1S/C29H36F4N.C25H28F4N.2C24H26F4N/c1-17-12-18(2)19(3)22(13-17)24-11-10-21-23(16-27(4,5)6)26(30)20(14-25(21)34(24)9)15-28(7,8)29(31,32)33;1-6-7-20-19-8-9-22(21-13-15(2)12-16(3)17(21)4)30(5)23(19)14-18(24(20)26)10-11-25(27,28)29;1-14-9-15(2)16(3)18(10-14)22-12-20(25)19-11-17(7-8-21(19)29(22)6)13-23(4,5)24(26,27)28;1-14-9-15(2)16(3)19(10-14)22-12-20(25)18-8-7-17(11-21(18)29(22)6)13-23(4,5)24(26,27)28/h10-14H,15-16H2,1-9H3;8-9,12-14H,6-7,10-11H2,1-5H3;2*7-12H,13H2,1-6H3/q4*+1. The Labute approximate surface area is 708 Å². The number of aryl methyl sites for hydroxylation is 14. The van der Waals surface area contributed by atoms with Crippen LogP contribution in [0.5, 0.6) is 0 Å². The van der Waals surface area contributed by atoms with Crippen molar-refractivity contribution in [3.8, 4) is 45.0 Å². The molecular weight excluding hydrogens is 1590 g/mol. The van der Waals surface area contributed by atoms with E-state index in [1.54, 1.807) is 42.5 Å². The summed E-state index contributed by atoms with van der Waals surface area (Å²) in [6.07, 6.45) is -17.9. The van der Waals surface area contributed by atoms with Crippen LogP contribution in [0.15, 0.2) is 133 Å². The van der Waals surface area contributed by atoms with Crippen molar-refractivity contribution in [1.82, 2.24) is 0 Å². The van der Waals surface area contributed by atoms with E-state index in [-0.39, 0.29) is 41.6 Å². The minimum Gasteiger partial charge on any atom is -0.206 e. The van der Waals surface area contributed by atoms with Gasteiger partial charge in [-0.1, -0.05) is 134 Å². The Hall–Kier alpha value is -9.72. The van der Waals surface area contributed by atoms with E-state index in [9.17, 15) is 57.1 Å². The van der Waals surface area contributed by atoms with Crippen molar-refractivity contribution in [3.63, 3.8) is 0 Å². The van der Waals surface area contributed by atoms with E-state index >= 15 is 13.2 Å². The predicted molar refractivity (Wildman–Crippen MR) is 461 cm³/mol. The second-order valence-corrected chi connectivity index (χ2v) is 36.9. The number of pyridine rings is 4. The van der Waals surface area contributed by atoms with Crippen LogP contribution in [-0.4, -0.2) is 24.7 Å². The van der Waals surface area contributed by atoms with Crippen molar-refractivity contribution in [2.75, 3.05) is 0 Å². The SMILES string of the molecule is CCCc1c(F)c(CCC(F)(F)F)cc2c1ccc(-c1cc(C)cc(C)c1C)[n+]2C.Cc1cc(C)c(C)c(-c2cc(F)c3cc(CC(C)(C)C(F)(F)F)ccc3[n+]2C)c1.Cc1cc(C)c(C)c(-c2cc(F)c3ccc(CC(C)(C)C(F)(F)F)cc3[n+]2C)c1.Cc1cc(C)c(C)c(-c2ccc3c(CC(C)(C)C)c(F)c(CC(C)(C)C(F)(F)F)cc3[n+]2C)c1. The fraction of sp³-hybridized carbons (Fsp3) is 0.412. The summed E-state index contributed by atoms with van der Waals surface area (Å²) in [7, 11) is 7.49. The summed E-state index contributed by atoms with van der Waals surface area (Å²) in [5.41, 5.74) is 19.8. The number of nitrogens with zero attached hydrogens (tertiary/aromatic N) is 4. The largest absolute Gasteiger partial charge is 0.394 e. The fourth-order valence-corrected chi connectivity index (χ4v) is 16.3. The number of alkyl halides is 12. The number of benzene rings is 8. The Morgan fingerprint density at radius 2 is 0.623 bits per heavy atom. The van der Waals surface area contributed by atoms with Crippen LogP contribution in [0, 0.1) is 128 Å². The van der Waals surface area contributed by atoms with Crippen LogP contribution in [0.2, 0.25) is 0 Å². The molecule has 0 fully saturated rings. The first-order valence-corrected chi connectivity index (χ1v) is 41.2. The lowest BCUT2D eigenvalue weighted by Gasteiger charge is -2.28. The zero-order chi connectivity index (χ0) is 91.5. The number of hydrogen-bond donors (Lipinski definition) is 0. The zero-order valence-electron chi connectivity index (χ0n) is 75.2. The van der Waals surface area contributed by atoms with Crippen LogP contribution in [0.3, 0.4) is 0 Å². The highest BCUT2D eigenvalue weighted by molar-refractivity contribution is 5.86. The third-order valence-corrected chi connectivity index (χ3v) is 24.3. The van der Waals surface area contributed by atoms with Crippen molar-refractivity contribution in [3.05, 3.63) is 257 Å².